The fourth-order valence-corrected chi connectivity index (χ4v) is 3.80. The van der Waals surface area contributed by atoms with Crippen LogP contribution < -0.4 is 0 Å². The molecule has 2 aromatic heterocycles. The Bertz CT molecular complexity index is 913. The highest BCUT2D eigenvalue weighted by atomic mass is 32.2. The van der Waals surface area contributed by atoms with Crippen LogP contribution in [-0.4, -0.2) is 38.7 Å². The van der Waals surface area contributed by atoms with Gasteiger partial charge in [0.05, 0.1) is 5.56 Å². The van der Waals surface area contributed by atoms with Gasteiger partial charge >= 0.3 is 0 Å². The number of rotatable bonds is 4. The molecule has 26 heavy (non-hydrogen) atoms. The zero-order valence-electron chi connectivity index (χ0n) is 14.3. The van der Waals surface area contributed by atoms with E-state index in [0.717, 1.165) is 23.3 Å². The third-order valence-corrected chi connectivity index (χ3v) is 5.27. The fraction of sp³-hybridized carbons (Fsp3) is 0.263. The van der Waals surface area contributed by atoms with Gasteiger partial charge < -0.3 is 9.42 Å². The van der Waals surface area contributed by atoms with Gasteiger partial charge in [0.1, 0.15) is 11.7 Å². The molecule has 1 saturated heterocycles. The largest absolute Gasteiger partial charge is 0.337 e. The van der Waals surface area contributed by atoms with Gasteiger partial charge in [-0.15, -0.1) is 11.8 Å². The number of nitrogens with zero attached hydrogens (tertiary/aromatic N) is 4. The van der Waals surface area contributed by atoms with Gasteiger partial charge in [0.15, 0.2) is 0 Å². The Morgan fingerprint density at radius 1 is 1.23 bits per heavy atom. The van der Waals surface area contributed by atoms with Crippen LogP contribution >= 0.6 is 11.8 Å². The molecule has 0 bridgehead atoms. The number of hydrogen-bond acceptors (Lipinski definition) is 6. The third-order valence-electron chi connectivity index (χ3n) is 4.47. The lowest BCUT2D eigenvalue weighted by Gasteiger charge is -2.22. The van der Waals surface area contributed by atoms with E-state index in [2.05, 4.69) is 15.1 Å². The lowest BCUT2D eigenvalue weighted by Crippen LogP contribution is -2.31. The molecule has 4 rings (SSSR count). The predicted octanol–water partition coefficient (Wildman–Crippen LogP) is 3.83. The Hall–Kier alpha value is -2.67. The van der Waals surface area contributed by atoms with Crippen molar-refractivity contribution in [3.05, 3.63) is 60.1 Å². The van der Waals surface area contributed by atoms with E-state index in [9.17, 15) is 4.79 Å². The van der Waals surface area contributed by atoms with E-state index >= 15 is 0 Å². The summed E-state index contributed by atoms with van der Waals surface area (Å²) in [5.74, 6) is 0.928. The van der Waals surface area contributed by atoms with E-state index in [4.69, 9.17) is 4.52 Å². The first-order valence-electron chi connectivity index (χ1n) is 8.47. The van der Waals surface area contributed by atoms with Crippen molar-refractivity contribution in [1.29, 1.82) is 0 Å². The van der Waals surface area contributed by atoms with Gasteiger partial charge in [-0.25, -0.2) is 0 Å². The van der Waals surface area contributed by atoms with Crippen molar-refractivity contribution in [2.24, 2.45) is 0 Å². The highest BCUT2D eigenvalue weighted by molar-refractivity contribution is 7.98. The van der Waals surface area contributed by atoms with Crippen LogP contribution in [0.2, 0.25) is 0 Å². The summed E-state index contributed by atoms with van der Waals surface area (Å²) in [4.78, 5) is 24.6. The highest BCUT2D eigenvalue weighted by Crippen LogP contribution is 2.34. The molecule has 0 N–H and O–H groups in total. The van der Waals surface area contributed by atoms with Crippen LogP contribution in [0.1, 0.15) is 35.1 Å². The predicted molar refractivity (Wildman–Crippen MR) is 98.8 cm³/mol. The van der Waals surface area contributed by atoms with Crippen molar-refractivity contribution in [3.63, 3.8) is 0 Å². The number of aromatic nitrogens is 3. The minimum absolute atomic E-state index is 0.00929. The molecule has 6 nitrogen and oxygen atoms in total. The first-order chi connectivity index (χ1) is 12.8. The van der Waals surface area contributed by atoms with Crippen LogP contribution in [-0.2, 0) is 0 Å². The number of likely N-dealkylation sites (tertiary alicyclic amines) is 1. The Morgan fingerprint density at radius 3 is 2.88 bits per heavy atom. The van der Waals surface area contributed by atoms with E-state index in [1.54, 1.807) is 18.0 Å². The summed E-state index contributed by atoms with van der Waals surface area (Å²) < 4.78 is 5.48. The van der Waals surface area contributed by atoms with E-state index in [0.29, 0.717) is 24.0 Å². The number of thioether (sulfide) groups is 1. The van der Waals surface area contributed by atoms with Crippen LogP contribution in [0.3, 0.4) is 0 Å². The van der Waals surface area contributed by atoms with Gasteiger partial charge in [0, 0.05) is 17.6 Å². The maximum atomic E-state index is 13.1. The number of pyridine rings is 1. The first-order valence-corrected chi connectivity index (χ1v) is 9.69. The summed E-state index contributed by atoms with van der Waals surface area (Å²) in [6.07, 6.45) is 5.40. The van der Waals surface area contributed by atoms with Gasteiger partial charge in [-0.05, 0) is 43.4 Å². The molecule has 0 unspecified atom stereocenters. The monoisotopic (exact) mass is 366 g/mol. The molecule has 1 amide bonds. The first kappa shape index (κ1) is 16.8. The minimum atomic E-state index is -0.192. The van der Waals surface area contributed by atoms with Gasteiger partial charge in [-0.2, -0.15) is 4.98 Å². The number of benzene rings is 1. The highest BCUT2D eigenvalue weighted by Gasteiger charge is 2.35. The van der Waals surface area contributed by atoms with Crippen molar-refractivity contribution >= 4 is 17.7 Å². The molecule has 0 spiro atoms. The van der Waals surface area contributed by atoms with E-state index in [1.165, 1.54) is 0 Å². The van der Waals surface area contributed by atoms with E-state index in [1.807, 2.05) is 53.6 Å². The van der Waals surface area contributed by atoms with E-state index in [-0.39, 0.29) is 11.9 Å². The van der Waals surface area contributed by atoms with Gasteiger partial charge in [0.25, 0.3) is 5.91 Å². The lowest BCUT2D eigenvalue weighted by atomic mass is 10.1. The summed E-state index contributed by atoms with van der Waals surface area (Å²) in [6.45, 7) is 0.688. The lowest BCUT2D eigenvalue weighted by molar-refractivity contribution is 0.0706. The fourth-order valence-electron chi connectivity index (χ4n) is 3.21. The molecule has 3 aromatic rings. The normalized spacial score (nSPS) is 16.8. The SMILES string of the molecule is CSc1ccccc1C(=O)N1CCC[C@@H]1c1nc(-c2ccccn2)no1. The van der Waals surface area contributed by atoms with Crippen LogP contribution in [0.4, 0.5) is 0 Å². The molecule has 1 fully saturated rings. The molecule has 1 aliphatic rings. The topological polar surface area (TPSA) is 72.1 Å². The molecule has 0 saturated carbocycles. The molecule has 0 aliphatic carbocycles. The third kappa shape index (κ3) is 3.10. The maximum absolute atomic E-state index is 13.1. The minimum Gasteiger partial charge on any atom is -0.337 e. The zero-order valence-corrected chi connectivity index (χ0v) is 15.1. The molecule has 3 heterocycles. The Labute approximate surface area is 155 Å². The van der Waals surface area contributed by atoms with Crippen molar-refractivity contribution in [2.75, 3.05) is 12.8 Å². The number of amides is 1. The van der Waals surface area contributed by atoms with Crippen molar-refractivity contribution in [3.8, 4) is 11.5 Å². The van der Waals surface area contributed by atoms with E-state index < -0.39 is 0 Å². The molecule has 1 aliphatic heterocycles. The molecular weight excluding hydrogens is 348 g/mol. The summed E-state index contributed by atoms with van der Waals surface area (Å²) in [6, 6.07) is 13.0. The van der Waals surface area contributed by atoms with Crippen LogP contribution in [0.15, 0.2) is 58.1 Å². The van der Waals surface area contributed by atoms with Crippen molar-refractivity contribution in [2.45, 2.75) is 23.8 Å². The molecule has 1 atom stereocenters. The molecule has 1 aromatic carbocycles. The van der Waals surface area contributed by atoms with Crippen molar-refractivity contribution in [1.82, 2.24) is 20.0 Å². The van der Waals surface area contributed by atoms with Crippen LogP contribution in [0.5, 0.6) is 0 Å². The van der Waals surface area contributed by atoms with Gasteiger partial charge in [-0.3, -0.25) is 9.78 Å². The maximum Gasteiger partial charge on any atom is 0.255 e. The quantitative estimate of drug-likeness (QED) is 0.654. The molecular formula is C19H18N4O2S. The Morgan fingerprint density at radius 2 is 2.08 bits per heavy atom. The zero-order chi connectivity index (χ0) is 17.9. The number of carbonyl (C=O) groups excluding carboxylic acids is 1. The second kappa shape index (κ2) is 7.29. The van der Waals surface area contributed by atoms with Crippen LogP contribution in [0.25, 0.3) is 11.5 Å². The summed E-state index contributed by atoms with van der Waals surface area (Å²) in [5.41, 5.74) is 1.38. The average molecular weight is 366 g/mol. The number of carbonyl (C=O) groups is 1. The smallest absolute Gasteiger partial charge is 0.255 e. The standard InChI is InChI=1S/C19H18N4O2S/c1-26-16-10-3-2-7-13(16)19(24)23-12-6-9-15(23)18-21-17(22-25-18)14-8-4-5-11-20-14/h2-5,7-8,10-11,15H,6,9,12H2,1H3/t15-/m1/s1. The summed E-state index contributed by atoms with van der Waals surface area (Å²) in [5, 5.41) is 4.04. The molecule has 132 valence electrons. The molecule has 0 radical (unpaired) electrons. The van der Waals surface area contributed by atoms with Crippen LogP contribution in [0, 0.1) is 0 Å². The van der Waals surface area contributed by atoms with Gasteiger partial charge in [-0.1, -0.05) is 23.4 Å². The average Bonchev–Trinajstić information content (AvgIpc) is 3.37. The van der Waals surface area contributed by atoms with Gasteiger partial charge in [0.2, 0.25) is 11.7 Å². The molecule has 7 heteroatoms. The van der Waals surface area contributed by atoms with Crippen molar-refractivity contribution < 1.29 is 9.32 Å². The Balaban J connectivity index is 1.61. The second-order valence-electron chi connectivity index (χ2n) is 6.03. The Kier molecular flexibility index (Phi) is 4.71. The number of hydrogen-bond donors (Lipinski definition) is 0. The summed E-state index contributed by atoms with van der Waals surface area (Å²) in [7, 11) is 0. The second-order valence-corrected chi connectivity index (χ2v) is 6.88. The summed E-state index contributed by atoms with van der Waals surface area (Å²) >= 11 is 1.57.